The van der Waals surface area contributed by atoms with Gasteiger partial charge in [-0.25, -0.2) is 0 Å². The summed E-state index contributed by atoms with van der Waals surface area (Å²) in [5.41, 5.74) is 0. The minimum absolute atomic E-state index is 0.0203. The van der Waals surface area contributed by atoms with E-state index < -0.39 is 0 Å². The number of unbranched alkanes of at least 4 members (excludes halogenated alkanes) is 49. The van der Waals surface area contributed by atoms with E-state index in [0.29, 0.717) is 26.1 Å². The molecule has 0 aliphatic rings. The first-order chi connectivity index (χ1) is 31.7. The molecule has 0 bridgehead atoms. The van der Waals surface area contributed by atoms with Crippen molar-refractivity contribution in [1.29, 1.82) is 0 Å². The van der Waals surface area contributed by atoms with Crippen LogP contribution in [0.4, 0.5) is 0 Å². The summed E-state index contributed by atoms with van der Waals surface area (Å²) >= 11 is 0. The molecule has 4 heteroatoms. The van der Waals surface area contributed by atoms with Crippen molar-refractivity contribution in [3.05, 3.63) is 0 Å². The summed E-state index contributed by atoms with van der Waals surface area (Å²) < 4.78 is 11.0. The van der Waals surface area contributed by atoms with E-state index in [1.165, 1.54) is 308 Å². The summed E-state index contributed by atoms with van der Waals surface area (Å²) in [7, 11) is 0. The monoisotopic (exact) mass is 903 g/mol. The molecule has 0 fully saturated rings. The highest BCUT2D eigenvalue weighted by molar-refractivity contribution is 5.69. The van der Waals surface area contributed by atoms with E-state index in [9.17, 15) is 9.59 Å². The Hall–Kier alpha value is -1.06. The van der Waals surface area contributed by atoms with Crippen molar-refractivity contribution in [3.8, 4) is 0 Å². The Bertz CT molecular complexity index is 802. The minimum atomic E-state index is 0.0203. The lowest BCUT2D eigenvalue weighted by molar-refractivity contribution is -0.144. The summed E-state index contributed by atoms with van der Waals surface area (Å²) in [6, 6.07) is 0. The Morgan fingerprint density at radius 1 is 0.203 bits per heavy atom. The third-order valence-corrected chi connectivity index (χ3v) is 14.0. The Balaban J connectivity index is 3.19. The first-order valence-corrected chi connectivity index (χ1v) is 30.0. The predicted octanol–water partition coefficient (Wildman–Crippen LogP) is 21.2. The lowest BCUT2D eigenvalue weighted by Gasteiger charge is -2.06. The third kappa shape index (κ3) is 57.1. The fourth-order valence-electron chi connectivity index (χ4n) is 9.54. The molecule has 4 nitrogen and oxygen atoms in total. The number of rotatable bonds is 57. The second kappa shape index (κ2) is 58.1. The quantitative estimate of drug-likeness (QED) is 0.0451. The average molecular weight is 904 g/mol. The van der Waals surface area contributed by atoms with Gasteiger partial charge in [-0.15, -0.1) is 0 Å². The number of esters is 2. The number of ether oxygens (including phenoxy) is 2. The lowest BCUT2D eigenvalue weighted by atomic mass is 10.0. The van der Waals surface area contributed by atoms with Crippen molar-refractivity contribution in [2.24, 2.45) is 0 Å². The molecular formula is C60H118O4. The third-order valence-electron chi connectivity index (χ3n) is 14.0. The first-order valence-electron chi connectivity index (χ1n) is 30.0. The lowest BCUT2D eigenvalue weighted by Crippen LogP contribution is -2.05. The second-order valence-corrected chi connectivity index (χ2v) is 20.6. The van der Waals surface area contributed by atoms with Crippen LogP contribution in [0.2, 0.25) is 0 Å². The highest BCUT2D eigenvalue weighted by Gasteiger charge is 2.05. The molecule has 0 saturated heterocycles. The fourth-order valence-corrected chi connectivity index (χ4v) is 9.54. The molecule has 0 radical (unpaired) electrons. The molecule has 0 heterocycles. The summed E-state index contributed by atoms with van der Waals surface area (Å²) in [5, 5.41) is 0. The van der Waals surface area contributed by atoms with Crippen LogP contribution in [0, 0.1) is 0 Å². The Morgan fingerprint density at radius 3 is 0.516 bits per heavy atom. The highest BCUT2D eigenvalue weighted by Crippen LogP contribution is 2.18. The minimum Gasteiger partial charge on any atom is -0.466 e. The van der Waals surface area contributed by atoms with Crippen LogP contribution in [0.15, 0.2) is 0 Å². The molecular weight excluding hydrogens is 785 g/mol. The van der Waals surface area contributed by atoms with Crippen molar-refractivity contribution in [3.63, 3.8) is 0 Å². The maximum absolute atomic E-state index is 12.1. The number of carbonyl (C=O) groups is 2. The molecule has 0 saturated carbocycles. The van der Waals surface area contributed by atoms with Gasteiger partial charge in [-0.1, -0.05) is 322 Å². The molecule has 0 amide bonds. The van der Waals surface area contributed by atoms with Crippen molar-refractivity contribution in [2.45, 2.75) is 361 Å². The van der Waals surface area contributed by atoms with E-state index in [1.807, 2.05) is 0 Å². The van der Waals surface area contributed by atoms with Gasteiger partial charge in [-0.3, -0.25) is 9.59 Å². The van der Waals surface area contributed by atoms with Crippen molar-refractivity contribution >= 4 is 11.9 Å². The van der Waals surface area contributed by atoms with Gasteiger partial charge in [-0.2, -0.15) is 0 Å². The normalized spacial score (nSPS) is 11.5. The topological polar surface area (TPSA) is 52.6 Å². The van der Waals surface area contributed by atoms with Crippen LogP contribution in [0.5, 0.6) is 0 Å². The van der Waals surface area contributed by atoms with Gasteiger partial charge >= 0.3 is 11.9 Å². The van der Waals surface area contributed by atoms with Gasteiger partial charge < -0.3 is 9.47 Å². The van der Waals surface area contributed by atoms with E-state index in [2.05, 4.69) is 13.8 Å². The van der Waals surface area contributed by atoms with Crippen LogP contribution >= 0.6 is 0 Å². The SMILES string of the molecule is CCCCCCCCCCCCCCCCCCCCC(=O)OCCCCCCCCCCCCCCCCCCOC(=O)CCCCCCCCCCCCCCCCCCCC. The molecule has 0 unspecified atom stereocenters. The van der Waals surface area contributed by atoms with Gasteiger partial charge in [0.2, 0.25) is 0 Å². The number of carbonyl (C=O) groups excluding carboxylic acids is 2. The number of hydrogen-bond donors (Lipinski definition) is 0. The van der Waals surface area contributed by atoms with Gasteiger partial charge in [0.1, 0.15) is 0 Å². The smallest absolute Gasteiger partial charge is 0.305 e. The second-order valence-electron chi connectivity index (χ2n) is 20.6. The van der Waals surface area contributed by atoms with Crippen LogP contribution in [0.3, 0.4) is 0 Å². The molecule has 0 aromatic carbocycles. The molecule has 64 heavy (non-hydrogen) atoms. The molecule has 0 aliphatic heterocycles. The average Bonchev–Trinajstić information content (AvgIpc) is 3.30. The van der Waals surface area contributed by atoms with E-state index in [4.69, 9.17) is 9.47 Å². The Kier molecular flexibility index (Phi) is 57.1. The van der Waals surface area contributed by atoms with Gasteiger partial charge in [0.25, 0.3) is 0 Å². The zero-order chi connectivity index (χ0) is 46.2. The summed E-state index contributed by atoms with van der Waals surface area (Å²) in [4.78, 5) is 24.2. The standard InChI is InChI=1S/C60H118O4/c1-3-5-7-9-11-13-15-17-19-21-23-27-31-35-39-43-47-51-55-59(61)63-57-53-49-45-41-37-33-29-25-26-30-34-38-42-46-50-54-58-64-60(62)56-52-48-44-40-36-32-28-24-22-20-18-16-14-12-10-8-6-4-2/h3-58H2,1-2H3. The molecule has 0 aliphatic carbocycles. The van der Waals surface area contributed by atoms with E-state index in [0.717, 1.165) is 25.7 Å². The van der Waals surface area contributed by atoms with E-state index >= 15 is 0 Å². The fraction of sp³-hybridized carbons (Fsp3) is 0.967. The van der Waals surface area contributed by atoms with Crippen LogP contribution < -0.4 is 0 Å². The van der Waals surface area contributed by atoms with Gasteiger partial charge in [-0.05, 0) is 25.7 Å². The summed E-state index contributed by atoms with van der Waals surface area (Å²) in [6.07, 6.45) is 71.3. The van der Waals surface area contributed by atoms with Crippen LogP contribution in [0.25, 0.3) is 0 Å². The zero-order valence-corrected chi connectivity index (χ0v) is 44.2. The van der Waals surface area contributed by atoms with Crippen LogP contribution in [-0.2, 0) is 19.1 Å². The van der Waals surface area contributed by atoms with Crippen LogP contribution in [0.1, 0.15) is 361 Å². The van der Waals surface area contributed by atoms with Gasteiger partial charge in [0, 0.05) is 12.8 Å². The van der Waals surface area contributed by atoms with Gasteiger partial charge in [0.15, 0.2) is 0 Å². The molecule has 382 valence electrons. The summed E-state index contributed by atoms with van der Waals surface area (Å²) in [6.45, 7) is 5.83. The van der Waals surface area contributed by atoms with Crippen LogP contribution in [-0.4, -0.2) is 25.2 Å². The number of hydrogen-bond acceptors (Lipinski definition) is 4. The maximum Gasteiger partial charge on any atom is 0.305 e. The first kappa shape index (κ1) is 62.9. The molecule has 0 spiro atoms. The molecule has 0 aromatic heterocycles. The predicted molar refractivity (Wildman–Crippen MR) is 283 cm³/mol. The zero-order valence-electron chi connectivity index (χ0n) is 44.2. The van der Waals surface area contributed by atoms with Crippen molar-refractivity contribution in [1.82, 2.24) is 0 Å². The Morgan fingerprint density at radius 2 is 0.344 bits per heavy atom. The van der Waals surface area contributed by atoms with Crippen molar-refractivity contribution < 1.29 is 19.1 Å². The van der Waals surface area contributed by atoms with Gasteiger partial charge in [0.05, 0.1) is 13.2 Å². The van der Waals surface area contributed by atoms with E-state index in [1.54, 1.807) is 0 Å². The molecule has 0 rings (SSSR count). The van der Waals surface area contributed by atoms with Crippen molar-refractivity contribution in [2.75, 3.05) is 13.2 Å². The summed E-state index contributed by atoms with van der Waals surface area (Å²) in [5.74, 6) is 0.0405. The molecule has 0 atom stereocenters. The highest BCUT2D eigenvalue weighted by atomic mass is 16.5. The Labute approximate surface area is 403 Å². The maximum atomic E-state index is 12.1. The largest absolute Gasteiger partial charge is 0.466 e. The molecule has 0 N–H and O–H groups in total. The van der Waals surface area contributed by atoms with E-state index in [-0.39, 0.29) is 11.9 Å². The molecule has 0 aromatic rings.